The number of amides is 2. The molecule has 49 heavy (non-hydrogen) atoms. The molecule has 0 unspecified atom stereocenters. The van der Waals surface area contributed by atoms with Gasteiger partial charge in [0, 0.05) is 59.6 Å². The highest BCUT2D eigenvalue weighted by atomic mass is 16.3. The molecule has 0 radical (unpaired) electrons. The normalized spacial score (nSPS) is 20.2. The Kier molecular flexibility index (Phi) is 6.22. The second kappa shape index (κ2) is 10.5. The molecular weight excluding hydrogens is 612 g/mol. The predicted octanol–water partition coefficient (Wildman–Crippen LogP) is 7.02. The van der Waals surface area contributed by atoms with Crippen molar-refractivity contribution >= 4 is 28.5 Å². The summed E-state index contributed by atoms with van der Waals surface area (Å²) < 4.78 is 1.79. The lowest BCUT2D eigenvalue weighted by Gasteiger charge is -2.55. The largest absolute Gasteiger partial charge is 0.390 e. The van der Waals surface area contributed by atoms with Crippen LogP contribution in [0.3, 0.4) is 0 Å². The Morgan fingerprint density at radius 1 is 0.755 bits per heavy atom. The summed E-state index contributed by atoms with van der Waals surface area (Å²) in [4.78, 5) is 43.1. The van der Waals surface area contributed by atoms with E-state index in [9.17, 15) is 14.7 Å². The number of pyridine rings is 2. The molecule has 1 aliphatic heterocycles. The van der Waals surface area contributed by atoms with Crippen LogP contribution in [0.25, 0.3) is 50.2 Å². The topological polar surface area (TPSA) is 114 Å². The van der Waals surface area contributed by atoms with Crippen molar-refractivity contribution in [1.82, 2.24) is 29.5 Å². The van der Waals surface area contributed by atoms with Gasteiger partial charge in [-0.1, -0.05) is 66.7 Å². The number of carbonyl (C=O) groups is 2. The van der Waals surface area contributed by atoms with Gasteiger partial charge in [-0.3, -0.25) is 19.5 Å². The van der Waals surface area contributed by atoms with E-state index in [1.807, 2.05) is 73.8 Å². The minimum atomic E-state index is -1.02. The molecule has 1 N–H and O–H groups in total. The Bertz CT molecular complexity index is 2430. The van der Waals surface area contributed by atoms with E-state index in [2.05, 4.69) is 17.1 Å². The second-order valence-electron chi connectivity index (χ2n) is 13.3. The molecule has 0 saturated heterocycles. The second-order valence-corrected chi connectivity index (χ2v) is 13.3. The van der Waals surface area contributed by atoms with Crippen LogP contribution in [0.1, 0.15) is 51.7 Å². The van der Waals surface area contributed by atoms with E-state index in [1.54, 1.807) is 48.1 Å². The number of aromatic nitrogens is 5. The van der Waals surface area contributed by atoms with E-state index < -0.39 is 11.1 Å². The van der Waals surface area contributed by atoms with Gasteiger partial charge in [-0.25, -0.2) is 9.97 Å². The molecule has 0 spiro atoms. The fourth-order valence-corrected chi connectivity index (χ4v) is 7.86. The van der Waals surface area contributed by atoms with Crippen molar-refractivity contribution in [1.29, 1.82) is 0 Å². The highest BCUT2D eigenvalue weighted by molar-refractivity contribution is 6.22. The summed E-state index contributed by atoms with van der Waals surface area (Å²) in [6, 6.07) is 30.9. The number of hydrogen-bond acceptors (Lipinski definition) is 7. The van der Waals surface area contributed by atoms with Gasteiger partial charge in [0.2, 0.25) is 0 Å². The Morgan fingerprint density at radius 2 is 1.39 bits per heavy atom. The first-order chi connectivity index (χ1) is 23.7. The zero-order chi connectivity index (χ0) is 33.5. The van der Waals surface area contributed by atoms with Gasteiger partial charge in [-0.15, -0.1) is 0 Å². The number of benzene rings is 3. The summed E-state index contributed by atoms with van der Waals surface area (Å²) >= 11 is 0. The number of aryl methyl sites for hydroxylation is 1. The molecule has 2 aliphatic rings. The highest BCUT2D eigenvalue weighted by Crippen LogP contribution is 2.55. The van der Waals surface area contributed by atoms with E-state index in [-0.39, 0.29) is 24.7 Å². The summed E-state index contributed by atoms with van der Waals surface area (Å²) in [5.41, 5.74) is 7.18. The number of fused-ring (bicyclic) bond motifs is 4. The van der Waals surface area contributed by atoms with Gasteiger partial charge in [0.25, 0.3) is 11.8 Å². The van der Waals surface area contributed by atoms with Crippen LogP contribution in [0, 0.1) is 6.92 Å². The van der Waals surface area contributed by atoms with Crippen molar-refractivity contribution in [3.8, 4) is 33.5 Å². The standard InChI is InChI=1S/C40H30N6O3/c1-24-20-32-42-21-31-33(26-16-18-41-19-17-26)34(25-8-4-3-5-9-25)35(43-36(31)46(32)44-24)27-12-14-28(15-13-27)40(22-39(2,49)23-40)45-37(47)29-10-6-7-11-30(29)38(45)48/h3-21,49H,22-23H2,1-2H3. The molecule has 1 saturated carbocycles. The smallest absolute Gasteiger partial charge is 0.262 e. The molecule has 1 aliphatic carbocycles. The third-order valence-corrected chi connectivity index (χ3v) is 9.85. The van der Waals surface area contributed by atoms with Crippen LogP contribution in [0.2, 0.25) is 0 Å². The average molecular weight is 643 g/mol. The summed E-state index contributed by atoms with van der Waals surface area (Å²) in [5.74, 6) is -0.672. The van der Waals surface area contributed by atoms with Crippen molar-refractivity contribution < 1.29 is 14.7 Å². The minimum Gasteiger partial charge on any atom is -0.390 e. The molecule has 9 nitrogen and oxygen atoms in total. The Labute approximate surface area is 281 Å². The molecule has 9 rings (SSSR count). The molecule has 1 fully saturated rings. The average Bonchev–Trinajstić information content (AvgIpc) is 3.62. The predicted molar refractivity (Wildman–Crippen MR) is 186 cm³/mol. The summed E-state index contributed by atoms with van der Waals surface area (Å²) in [5, 5.41) is 16.6. The zero-order valence-electron chi connectivity index (χ0n) is 26.8. The third kappa shape index (κ3) is 4.36. The van der Waals surface area contributed by atoms with Crippen LogP contribution < -0.4 is 0 Å². The van der Waals surface area contributed by atoms with Crippen LogP contribution in [0.4, 0.5) is 0 Å². The molecule has 0 bridgehead atoms. The number of carbonyl (C=O) groups excluding carboxylic acids is 2. The van der Waals surface area contributed by atoms with Crippen LogP contribution in [-0.2, 0) is 5.54 Å². The quantitative estimate of drug-likeness (QED) is 0.201. The maximum absolute atomic E-state index is 13.7. The van der Waals surface area contributed by atoms with E-state index in [4.69, 9.17) is 15.1 Å². The Hall–Kier alpha value is -6.06. The van der Waals surface area contributed by atoms with Crippen molar-refractivity contribution in [2.75, 3.05) is 0 Å². The maximum atomic E-state index is 13.7. The number of imide groups is 1. The van der Waals surface area contributed by atoms with Crippen LogP contribution in [-0.4, -0.2) is 52.0 Å². The lowest BCUT2D eigenvalue weighted by molar-refractivity contribution is -0.118. The van der Waals surface area contributed by atoms with Crippen molar-refractivity contribution in [3.05, 3.63) is 138 Å². The van der Waals surface area contributed by atoms with Gasteiger partial charge < -0.3 is 5.11 Å². The van der Waals surface area contributed by atoms with E-state index in [0.29, 0.717) is 22.4 Å². The molecular formula is C40H30N6O3. The van der Waals surface area contributed by atoms with Gasteiger partial charge in [-0.05, 0) is 54.8 Å². The molecule has 238 valence electrons. The van der Waals surface area contributed by atoms with Gasteiger partial charge in [0.1, 0.15) is 0 Å². The van der Waals surface area contributed by atoms with Crippen molar-refractivity contribution in [2.45, 2.75) is 37.8 Å². The third-order valence-electron chi connectivity index (χ3n) is 9.85. The van der Waals surface area contributed by atoms with Gasteiger partial charge in [0.15, 0.2) is 11.3 Å². The molecule has 3 aromatic carbocycles. The summed E-state index contributed by atoms with van der Waals surface area (Å²) in [7, 11) is 0. The number of rotatable bonds is 5. The number of aliphatic hydroxyl groups is 1. The zero-order valence-corrected chi connectivity index (χ0v) is 26.8. The molecule has 4 aromatic heterocycles. The minimum absolute atomic E-state index is 0.240. The van der Waals surface area contributed by atoms with Gasteiger partial charge in [0.05, 0.1) is 33.7 Å². The van der Waals surface area contributed by atoms with Crippen molar-refractivity contribution in [2.24, 2.45) is 0 Å². The number of hydrogen-bond donors (Lipinski definition) is 1. The molecule has 2 amide bonds. The lowest BCUT2D eigenvalue weighted by atomic mass is 9.61. The molecule has 5 heterocycles. The molecule has 9 heteroatoms. The van der Waals surface area contributed by atoms with Gasteiger partial charge in [-0.2, -0.15) is 9.61 Å². The van der Waals surface area contributed by atoms with Crippen LogP contribution >= 0.6 is 0 Å². The fraction of sp³-hybridized carbons (Fsp3) is 0.150. The van der Waals surface area contributed by atoms with E-state index in [1.165, 1.54) is 4.90 Å². The summed E-state index contributed by atoms with van der Waals surface area (Å²) in [6.07, 6.45) is 5.90. The molecule has 0 atom stereocenters. The Morgan fingerprint density at radius 3 is 2.04 bits per heavy atom. The Balaban J connectivity index is 1.26. The lowest BCUT2D eigenvalue weighted by Crippen LogP contribution is -2.63. The van der Waals surface area contributed by atoms with Crippen molar-refractivity contribution in [3.63, 3.8) is 0 Å². The first-order valence-electron chi connectivity index (χ1n) is 16.2. The van der Waals surface area contributed by atoms with Crippen LogP contribution in [0.15, 0.2) is 116 Å². The fourth-order valence-electron chi connectivity index (χ4n) is 7.86. The maximum Gasteiger partial charge on any atom is 0.262 e. The van der Waals surface area contributed by atoms with E-state index >= 15 is 0 Å². The first-order valence-corrected chi connectivity index (χ1v) is 16.2. The summed E-state index contributed by atoms with van der Waals surface area (Å²) in [6.45, 7) is 3.68. The highest BCUT2D eigenvalue weighted by Gasteiger charge is 2.60. The SMILES string of the molecule is Cc1cc2ncc3c(-c4ccncc4)c(-c4ccccc4)c(-c4ccc(C5(N6C(=O)c7ccccc7C6=O)CC(C)(O)C5)cc4)nc3n2n1. The van der Waals surface area contributed by atoms with Gasteiger partial charge >= 0.3 is 0 Å². The van der Waals surface area contributed by atoms with E-state index in [0.717, 1.165) is 50.2 Å². The molecule has 7 aromatic rings. The number of nitrogens with zero attached hydrogens (tertiary/aromatic N) is 6. The first kappa shape index (κ1) is 29.1. The van der Waals surface area contributed by atoms with Crippen LogP contribution in [0.5, 0.6) is 0 Å². The monoisotopic (exact) mass is 642 g/mol.